The molecule has 3 aromatic carbocycles. The van der Waals surface area contributed by atoms with Gasteiger partial charge < -0.3 is 14.8 Å². The Bertz CT molecular complexity index is 1250. The van der Waals surface area contributed by atoms with Gasteiger partial charge in [-0.05, 0) is 60.5 Å². The SMILES string of the molecule is CCOc1cc(C=C(C#N)C(=O)Nc2ccc([N+](=O)[O-])cc2)ccc1OCc1ccc(F)cc1. The fourth-order valence-electron chi connectivity index (χ4n) is 2.92. The average molecular weight is 461 g/mol. The first-order valence-corrected chi connectivity index (χ1v) is 10.2. The molecule has 34 heavy (non-hydrogen) atoms. The lowest BCUT2D eigenvalue weighted by Crippen LogP contribution is -2.13. The number of carbonyl (C=O) groups excluding carboxylic acids is 1. The third kappa shape index (κ3) is 6.40. The maximum Gasteiger partial charge on any atom is 0.269 e. The van der Waals surface area contributed by atoms with Gasteiger partial charge in [0.05, 0.1) is 11.5 Å². The summed E-state index contributed by atoms with van der Waals surface area (Å²) in [6.45, 7) is 2.38. The highest BCUT2D eigenvalue weighted by Gasteiger charge is 2.13. The number of anilines is 1. The molecule has 0 spiro atoms. The maximum absolute atomic E-state index is 13.1. The van der Waals surface area contributed by atoms with E-state index in [9.17, 15) is 24.6 Å². The van der Waals surface area contributed by atoms with Crippen LogP contribution < -0.4 is 14.8 Å². The van der Waals surface area contributed by atoms with Gasteiger partial charge in [-0.25, -0.2) is 4.39 Å². The van der Waals surface area contributed by atoms with Crippen molar-refractivity contribution in [3.8, 4) is 17.6 Å². The van der Waals surface area contributed by atoms with Crippen LogP contribution in [0.15, 0.2) is 72.3 Å². The molecule has 0 saturated heterocycles. The van der Waals surface area contributed by atoms with Gasteiger partial charge >= 0.3 is 0 Å². The standard InChI is InChI=1S/C25H20FN3O5/c1-2-33-24-14-18(5-12-23(24)34-16-17-3-6-20(26)7-4-17)13-19(15-27)25(30)28-21-8-10-22(11-9-21)29(31)32/h3-14H,2,16H2,1H3,(H,28,30). The van der Waals surface area contributed by atoms with Crippen LogP contribution in [0.3, 0.4) is 0 Å². The maximum atomic E-state index is 13.1. The Labute approximate surface area is 195 Å². The third-order valence-corrected chi connectivity index (χ3v) is 4.59. The molecule has 8 nitrogen and oxygen atoms in total. The molecular weight excluding hydrogens is 441 g/mol. The Balaban J connectivity index is 1.75. The zero-order chi connectivity index (χ0) is 24.5. The second-order valence-corrected chi connectivity index (χ2v) is 6.98. The minimum Gasteiger partial charge on any atom is -0.490 e. The Kier molecular flexibility index (Phi) is 7.92. The molecule has 9 heteroatoms. The third-order valence-electron chi connectivity index (χ3n) is 4.59. The van der Waals surface area contributed by atoms with Crippen LogP contribution in [0.4, 0.5) is 15.8 Å². The number of halogens is 1. The molecule has 1 amide bonds. The second kappa shape index (κ2) is 11.2. The van der Waals surface area contributed by atoms with E-state index in [-0.39, 0.29) is 23.7 Å². The Morgan fingerprint density at radius 2 is 1.79 bits per heavy atom. The summed E-state index contributed by atoms with van der Waals surface area (Å²) in [5.74, 6) is -0.115. The first-order valence-electron chi connectivity index (χ1n) is 10.2. The highest BCUT2D eigenvalue weighted by atomic mass is 19.1. The van der Waals surface area contributed by atoms with Crippen molar-refractivity contribution in [1.82, 2.24) is 0 Å². The summed E-state index contributed by atoms with van der Waals surface area (Å²) in [5, 5.41) is 22.7. The zero-order valence-electron chi connectivity index (χ0n) is 18.2. The summed E-state index contributed by atoms with van der Waals surface area (Å²) in [5.41, 5.74) is 1.35. The van der Waals surface area contributed by atoms with E-state index in [4.69, 9.17) is 9.47 Å². The first kappa shape index (κ1) is 23.9. The Morgan fingerprint density at radius 1 is 1.09 bits per heavy atom. The first-order chi connectivity index (χ1) is 16.4. The molecule has 0 aliphatic heterocycles. The highest BCUT2D eigenvalue weighted by molar-refractivity contribution is 6.09. The molecule has 0 atom stereocenters. The van der Waals surface area contributed by atoms with Crippen molar-refractivity contribution in [2.45, 2.75) is 13.5 Å². The molecule has 0 aliphatic rings. The van der Waals surface area contributed by atoms with Gasteiger partial charge in [0.25, 0.3) is 11.6 Å². The second-order valence-electron chi connectivity index (χ2n) is 6.98. The van der Waals surface area contributed by atoms with E-state index in [1.807, 2.05) is 13.0 Å². The van der Waals surface area contributed by atoms with Crippen molar-refractivity contribution in [2.75, 3.05) is 11.9 Å². The summed E-state index contributed by atoms with van der Waals surface area (Å²) in [6.07, 6.45) is 1.40. The topological polar surface area (TPSA) is 114 Å². The van der Waals surface area contributed by atoms with Crippen LogP contribution in [0, 0.1) is 27.3 Å². The average Bonchev–Trinajstić information content (AvgIpc) is 2.83. The Morgan fingerprint density at radius 3 is 2.41 bits per heavy atom. The number of rotatable bonds is 9. The van der Waals surface area contributed by atoms with Crippen LogP contribution in [-0.2, 0) is 11.4 Å². The van der Waals surface area contributed by atoms with Crippen molar-refractivity contribution in [3.05, 3.63) is 99.4 Å². The summed E-state index contributed by atoms with van der Waals surface area (Å²) in [7, 11) is 0. The molecule has 0 saturated carbocycles. The summed E-state index contributed by atoms with van der Waals surface area (Å²) in [4.78, 5) is 22.7. The lowest BCUT2D eigenvalue weighted by molar-refractivity contribution is -0.384. The monoisotopic (exact) mass is 461 g/mol. The van der Waals surface area contributed by atoms with Crippen LogP contribution in [0.1, 0.15) is 18.1 Å². The van der Waals surface area contributed by atoms with E-state index < -0.39 is 10.8 Å². The van der Waals surface area contributed by atoms with Crippen LogP contribution >= 0.6 is 0 Å². The fourth-order valence-corrected chi connectivity index (χ4v) is 2.92. The number of benzene rings is 3. The van der Waals surface area contributed by atoms with Gasteiger partial charge in [-0.3, -0.25) is 14.9 Å². The van der Waals surface area contributed by atoms with E-state index in [1.165, 1.54) is 42.5 Å². The molecule has 0 bridgehead atoms. The Hall–Kier alpha value is -4.71. The molecule has 0 aromatic heterocycles. The number of hydrogen-bond donors (Lipinski definition) is 1. The molecule has 1 N–H and O–H groups in total. The predicted molar refractivity (Wildman–Crippen MR) is 124 cm³/mol. The number of nitro groups is 1. The molecule has 0 radical (unpaired) electrons. The van der Waals surface area contributed by atoms with Crippen LogP contribution in [-0.4, -0.2) is 17.4 Å². The summed E-state index contributed by atoms with van der Waals surface area (Å²) >= 11 is 0. The van der Waals surface area contributed by atoms with Gasteiger partial charge in [0.15, 0.2) is 11.5 Å². The number of carbonyl (C=O) groups is 1. The van der Waals surface area contributed by atoms with Crippen LogP contribution in [0.5, 0.6) is 11.5 Å². The van der Waals surface area contributed by atoms with E-state index in [0.717, 1.165) is 5.56 Å². The molecule has 3 rings (SSSR count). The molecule has 0 heterocycles. The number of nitriles is 1. The minimum atomic E-state index is -0.661. The molecule has 0 fully saturated rings. The van der Waals surface area contributed by atoms with Crippen molar-refractivity contribution < 1.29 is 23.6 Å². The van der Waals surface area contributed by atoms with Gasteiger partial charge in [-0.15, -0.1) is 0 Å². The summed E-state index contributed by atoms with van der Waals surface area (Å²) in [6, 6.07) is 18.0. The number of ether oxygens (including phenoxy) is 2. The molecule has 0 unspecified atom stereocenters. The van der Waals surface area contributed by atoms with E-state index in [0.29, 0.717) is 29.4 Å². The number of amides is 1. The number of nitro benzene ring substituents is 1. The van der Waals surface area contributed by atoms with Gasteiger partial charge in [0.2, 0.25) is 0 Å². The molecule has 172 valence electrons. The molecular formula is C25H20FN3O5. The van der Waals surface area contributed by atoms with E-state index in [1.54, 1.807) is 30.3 Å². The van der Waals surface area contributed by atoms with Crippen molar-refractivity contribution >= 4 is 23.4 Å². The number of nitrogens with one attached hydrogen (secondary N) is 1. The van der Waals surface area contributed by atoms with Crippen molar-refractivity contribution in [1.29, 1.82) is 5.26 Å². The smallest absolute Gasteiger partial charge is 0.269 e. The number of hydrogen-bond acceptors (Lipinski definition) is 6. The number of non-ortho nitro benzene ring substituents is 1. The predicted octanol–water partition coefficient (Wildman–Crippen LogP) is 5.26. The van der Waals surface area contributed by atoms with Gasteiger partial charge in [-0.1, -0.05) is 18.2 Å². The van der Waals surface area contributed by atoms with E-state index >= 15 is 0 Å². The van der Waals surface area contributed by atoms with Crippen molar-refractivity contribution in [3.63, 3.8) is 0 Å². The van der Waals surface area contributed by atoms with Crippen molar-refractivity contribution in [2.24, 2.45) is 0 Å². The van der Waals surface area contributed by atoms with Gasteiger partial charge in [0, 0.05) is 17.8 Å². The van der Waals surface area contributed by atoms with Gasteiger partial charge in [0.1, 0.15) is 24.1 Å². The largest absolute Gasteiger partial charge is 0.490 e. The van der Waals surface area contributed by atoms with E-state index in [2.05, 4.69) is 5.32 Å². The zero-order valence-corrected chi connectivity index (χ0v) is 18.2. The normalized spacial score (nSPS) is 10.8. The number of nitrogens with zero attached hydrogens (tertiary/aromatic N) is 2. The van der Waals surface area contributed by atoms with Crippen LogP contribution in [0.2, 0.25) is 0 Å². The molecule has 0 aliphatic carbocycles. The van der Waals surface area contributed by atoms with Crippen LogP contribution in [0.25, 0.3) is 6.08 Å². The minimum absolute atomic E-state index is 0.112. The van der Waals surface area contributed by atoms with Gasteiger partial charge in [-0.2, -0.15) is 5.26 Å². The fraction of sp³-hybridized carbons (Fsp3) is 0.120. The lowest BCUT2D eigenvalue weighted by atomic mass is 10.1. The quantitative estimate of drug-likeness (QED) is 0.201. The lowest BCUT2D eigenvalue weighted by Gasteiger charge is -2.13. The molecule has 3 aromatic rings. The summed E-state index contributed by atoms with van der Waals surface area (Å²) < 4.78 is 24.5. The highest BCUT2D eigenvalue weighted by Crippen LogP contribution is 2.30.